The van der Waals surface area contributed by atoms with Crippen LogP contribution in [-0.2, 0) is 27.7 Å². The number of phenolic OH excluding ortho intramolecular Hbond substituents is 1. The quantitative estimate of drug-likeness (QED) is 0.772. The van der Waals surface area contributed by atoms with Gasteiger partial charge in [-0.3, -0.25) is 4.79 Å². The second-order valence-corrected chi connectivity index (χ2v) is 8.74. The summed E-state index contributed by atoms with van der Waals surface area (Å²) in [5, 5.41) is 9.85. The fourth-order valence-corrected chi connectivity index (χ4v) is 5.12. The molecule has 150 valence electrons. The lowest BCUT2D eigenvalue weighted by atomic mass is 10.1. The van der Waals surface area contributed by atoms with Crippen LogP contribution in [0.25, 0.3) is 0 Å². The van der Waals surface area contributed by atoms with E-state index in [1.165, 1.54) is 4.31 Å². The summed E-state index contributed by atoms with van der Waals surface area (Å²) >= 11 is 0. The Morgan fingerprint density at radius 2 is 1.86 bits per heavy atom. The fraction of sp³-hybridized carbons (Fsp3) is 0.381. The van der Waals surface area contributed by atoms with Crippen LogP contribution in [0.1, 0.15) is 31.4 Å². The van der Waals surface area contributed by atoms with E-state index in [4.69, 9.17) is 0 Å². The molecular weight excluding hydrogens is 376 g/mol. The summed E-state index contributed by atoms with van der Waals surface area (Å²) in [6.07, 6.45) is 1.39. The maximum absolute atomic E-state index is 12.7. The number of hydrogen-bond donors (Lipinski definition) is 1. The van der Waals surface area contributed by atoms with Crippen LogP contribution in [-0.4, -0.2) is 43.4 Å². The molecule has 1 aliphatic heterocycles. The molecule has 0 atom stereocenters. The van der Waals surface area contributed by atoms with Gasteiger partial charge in [-0.25, -0.2) is 8.42 Å². The van der Waals surface area contributed by atoms with Crippen LogP contribution >= 0.6 is 0 Å². The minimum absolute atomic E-state index is 0.0265. The van der Waals surface area contributed by atoms with Crippen LogP contribution < -0.4 is 4.90 Å². The zero-order chi connectivity index (χ0) is 20.3. The number of carbonyl (C=O) groups excluding carboxylic acids is 1. The van der Waals surface area contributed by atoms with Crippen molar-refractivity contribution < 1.29 is 18.3 Å². The van der Waals surface area contributed by atoms with Crippen LogP contribution in [0.5, 0.6) is 5.75 Å². The Labute approximate surface area is 166 Å². The number of rotatable bonds is 7. The molecule has 0 spiro atoms. The second-order valence-electron chi connectivity index (χ2n) is 6.80. The highest BCUT2D eigenvalue weighted by molar-refractivity contribution is 7.89. The van der Waals surface area contributed by atoms with Crippen LogP contribution in [0.3, 0.4) is 0 Å². The van der Waals surface area contributed by atoms with Gasteiger partial charge in [-0.1, -0.05) is 32.0 Å². The number of nitrogens with zero attached hydrogens (tertiary/aromatic N) is 2. The Hall–Kier alpha value is -2.38. The van der Waals surface area contributed by atoms with Crippen LogP contribution in [0, 0.1) is 0 Å². The van der Waals surface area contributed by atoms with Gasteiger partial charge in [-0.05, 0) is 48.2 Å². The van der Waals surface area contributed by atoms with Gasteiger partial charge in [0.2, 0.25) is 15.9 Å². The number of sulfonamides is 1. The first-order valence-electron chi connectivity index (χ1n) is 9.58. The average molecular weight is 403 g/mol. The molecular formula is C21H26N2O4S. The smallest absolute Gasteiger partial charge is 0.243 e. The molecule has 3 rings (SSSR count). The lowest BCUT2D eigenvalue weighted by Crippen LogP contribution is -2.30. The first-order chi connectivity index (χ1) is 13.4. The first-order valence-corrected chi connectivity index (χ1v) is 11.0. The topological polar surface area (TPSA) is 77.9 Å². The van der Waals surface area contributed by atoms with Gasteiger partial charge < -0.3 is 10.0 Å². The van der Waals surface area contributed by atoms with Gasteiger partial charge in [-0.15, -0.1) is 0 Å². The average Bonchev–Trinajstić information content (AvgIpc) is 3.11. The number of aromatic hydroxyl groups is 1. The van der Waals surface area contributed by atoms with Crippen molar-refractivity contribution in [2.45, 2.75) is 38.0 Å². The maximum atomic E-state index is 12.7. The Balaban J connectivity index is 1.76. The van der Waals surface area contributed by atoms with E-state index >= 15 is 0 Å². The third-order valence-electron chi connectivity index (χ3n) is 5.19. The number of hydrogen-bond acceptors (Lipinski definition) is 4. The summed E-state index contributed by atoms with van der Waals surface area (Å²) in [7, 11) is -3.51. The Kier molecular flexibility index (Phi) is 6.05. The van der Waals surface area contributed by atoms with Crippen molar-refractivity contribution in [3.05, 3.63) is 53.6 Å². The molecule has 7 heteroatoms. The molecule has 0 saturated carbocycles. The minimum atomic E-state index is -3.51. The highest BCUT2D eigenvalue weighted by atomic mass is 32.2. The number of anilines is 1. The number of aryl methyl sites for hydroxylation is 1. The SMILES string of the molecule is CCN(CC)S(=O)(=O)c1ccc2c(c1)CCN2C(=O)CCc1ccccc1O. The van der Waals surface area contributed by atoms with Crippen molar-refractivity contribution in [2.24, 2.45) is 0 Å². The molecule has 2 aromatic carbocycles. The van der Waals surface area contributed by atoms with Gasteiger partial charge in [0.15, 0.2) is 0 Å². The Morgan fingerprint density at radius 1 is 1.14 bits per heavy atom. The van der Waals surface area contributed by atoms with E-state index in [0.717, 1.165) is 16.8 Å². The van der Waals surface area contributed by atoms with Crippen LogP contribution in [0.15, 0.2) is 47.4 Å². The summed E-state index contributed by atoms with van der Waals surface area (Å²) in [4.78, 5) is 14.7. The Morgan fingerprint density at radius 3 is 2.54 bits per heavy atom. The predicted molar refractivity (Wildman–Crippen MR) is 109 cm³/mol. The molecule has 28 heavy (non-hydrogen) atoms. The third kappa shape index (κ3) is 3.91. The lowest BCUT2D eigenvalue weighted by molar-refractivity contribution is -0.118. The zero-order valence-corrected chi connectivity index (χ0v) is 17.1. The lowest BCUT2D eigenvalue weighted by Gasteiger charge is -2.20. The monoisotopic (exact) mass is 402 g/mol. The van der Waals surface area contributed by atoms with Crippen molar-refractivity contribution in [1.82, 2.24) is 4.31 Å². The van der Waals surface area contributed by atoms with Gasteiger partial charge in [0.1, 0.15) is 5.75 Å². The number of phenols is 1. The molecule has 1 amide bonds. The molecule has 0 bridgehead atoms. The molecule has 0 aromatic heterocycles. The molecule has 0 unspecified atom stereocenters. The number of benzene rings is 2. The van der Waals surface area contributed by atoms with Crippen molar-refractivity contribution in [1.29, 1.82) is 0 Å². The molecule has 1 aliphatic rings. The normalized spacial score (nSPS) is 13.8. The van der Waals surface area contributed by atoms with Crippen LogP contribution in [0.4, 0.5) is 5.69 Å². The summed E-state index contributed by atoms with van der Waals surface area (Å²) in [5.74, 6) is 0.171. The van der Waals surface area contributed by atoms with Crippen molar-refractivity contribution >= 4 is 21.6 Å². The molecule has 0 fully saturated rings. The van der Waals surface area contributed by atoms with Crippen LogP contribution in [0.2, 0.25) is 0 Å². The van der Waals surface area contributed by atoms with Crippen molar-refractivity contribution in [2.75, 3.05) is 24.5 Å². The molecule has 2 aromatic rings. The predicted octanol–water partition coefficient (Wildman–Crippen LogP) is 2.94. The number of para-hydroxylation sites is 1. The van der Waals surface area contributed by atoms with E-state index in [9.17, 15) is 18.3 Å². The number of fused-ring (bicyclic) bond motifs is 1. The summed E-state index contributed by atoms with van der Waals surface area (Å²) in [5.41, 5.74) is 2.40. The molecule has 1 heterocycles. The van der Waals surface area contributed by atoms with E-state index in [-0.39, 0.29) is 23.0 Å². The standard InChI is InChI=1S/C21H26N2O4S/c1-3-22(4-2)28(26,27)18-10-11-19-17(15-18)13-14-23(19)21(25)12-9-16-7-5-6-8-20(16)24/h5-8,10-11,15,24H,3-4,9,12-14H2,1-2H3. The van der Waals surface area contributed by atoms with Gasteiger partial charge in [0.25, 0.3) is 0 Å². The highest BCUT2D eigenvalue weighted by Gasteiger charge is 2.28. The fourth-order valence-electron chi connectivity index (χ4n) is 3.61. The van der Waals surface area contributed by atoms with E-state index in [2.05, 4.69) is 0 Å². The van der Waals surface area contributed by atoms with Gasteiger partial charge in [0, 0.05) is 31.7 Å². The van der Waals surface area contributed by atoms with Crippen molar-refractivity contribution in [3.63, 3.8) is 0 Å². The highest BCUT2D eigenvalue weighted by Crippen LogP contribution is 2.32. The van der Waals surface area contributed by atoms with Gasteiger partial charge in [-0.2, -0.15) is 4.31 Å². The molecule has 0 saturated heterocycles. The summed E-state index contributed by atoms with van der Waals surface area (Å²) in [6.45, 7) is 5.03. The van der Waals surface area contributed by atoms with E-state index in [0.29, 0.717) is 32.5 Å². The zero-order valence-electron chi connectivity index (χ0n) is 16.3. The van der Waals surface area contributed by atoms with Gasteiger partial charge in [0.05, 0.1) is 4.90 Å². The molecule has 0 aliphatic carbocycles. The van der Waals surface area contributed by atoms with E-state index < -0.39 is 10.0 Å². The maximum Gasteiger partial charge on any atom is 0.243 e. The number of amides is 1. The summed E-state index contributed by atoms with van der Waals surface area (Å²) < 4.78 is 26.9. The second kappa shape index (κ2) is 8.32. The Bertz CT molecular complexity index is 968. The van der Waals surface area contributed by atoms with Gasteiger partial charge >= 0.3 is 0 Å². The van der Waals surface area contributed by atoms with E-state index in [1.807, 2.05) is 26.0 Å². The molecule has 0 radical (unpaired) electrons. The molecule has 1 N–H and O–H groups in total. The largest absolute Gasteiger partial charge is 0.508 e. The summed E-state index contributed by atoms with van der Waals surface area (Å²) in [6, 6.07) is 12.0. The van der Waals surface area contributed by atoms with Crippen molar-refractivity contribution in [3.8, 4) is 5.75 Å². The van der Waals surface area contributed by atoms with E-state index in [1.54, 1.807) is 35.2 Å². The number of carbonyl (C=O) groups is 1. The third-order valence-corrected chi connectivity index (χ3v) is 7.24. The first kappa shape index (κ1) is 20.4. The minimum Gasteiger partial charge on any atom is -0.508 e. The molecule has 6 nitrogen and oxygen atoms in total.